The second-order valence-electron chi connectivity index (χ2n) is 4.80. The van der Waals surface area contributed by atoms with Gasteiger partial charge in [-0.25, -0.2) is 9.97 Å². The molecular formula is C15H13ClN4O2S2. The van der Waals surface area contributed by atoms with Crippen LogP contribution in [0.3, 0.4) is 0 Å². The summed E-state index contributed by atoms with van der Waals surface area (Å²) in [6, 6.07) is 6.82. The molecule has 124 valence electrons. The summed E-state index contributed by atoms with van der Waals surface area (Å²) >= 11 is 8.75. The van der Waals surface area contributed by atoms with E-state index in [0.29, 0.717) is 21.1 Å². The maximum atomic E-state index is 12.5. The molecule has 0 aliphatic rings. The predicted molar refractivity (Wildman–Crippen MR) is 98.2 cm³/mol. The molecule has 1 aromatic carbocycles. The number of carbonyl (C=O) groups excluding carboxylic acids is 1. The van der Waals surface area contributed by atoms with Gasteiger partial charge in [0.15, 0.2) is 9.99 Å². The molecular weight excluding hydrogens is 368 g/mol. The molecule has 9 heteroatoms. The maximum Gasteiger partial charge on any atom is 0.273 e. The SMILES string of the molecule is CCSc1nc2ncn(CC(=O)Nc3cccc(Cl)c3)c(=O)c2s1. The molecule has 0 aliphatic carbocycles. The van der Waals surface area contributed by atoms with Crippen molar-refractivity contribution in [3.63, 3.8) is 0 Å². The van der Waals surface area contributed by atoms with Crippen molar-refractivity contribution in [1.82, 2.24) is 14.5 Å². The van der Waals surface area contributed by atoms with Crippen LogP contribution in [0.5, 0.6) is 0 Å². The Morgan fingerprint density at radius 3 is 3.04 bits per heavy atom. The molecule has 1 N–H and O–H groups in total. The van der Waals surface area contributed by atoms with Gasteiger partial charge in [-0.2, -0.15) is 0 Å². The third-order valence-corrected chi connectivity index (χ3v) is 5.35. The largest absolute Gasteiger partial charge is 0.324 e. The fourth-order valence-corrected chi connectivity index (χ4v) is 4.17. The zero-order valence-corrected chi connectivity index (χ0v) is 15.0. The number of aromatic nitrogens is 3. The quantitative estimate of drug-likeness (QED) is 0.687. The van der Waals surface area contributed by atoms with Crippen LogP contribution in [-0.2, 0) is 11.3 Å². The molecule has 0 radical (unpaired) electrons. The van der Waals surface area contributed by atoms with Gasteiger partial charge in [-0.1, -0.05) is 36.4 Å². The van der Waals surface area contributed by atoms with E-state index in [-0.39, 0.29) is 18.0 Å². The van der Waals surface area contributed by atoms with Crippen molar-refractivity contribution in [3.05, 3.63) is 46.0 Å². The van der Waals surface area contributed by atoms with Crippen molar-refractivity contribution in [2.45, 2.75) is 17.8 Å². The highest BCUT2D eigenvalue weighted by atomic mass is 35.5. The van der Waals surface area contributed by atoms with E-state index in [1.54, 1.807) is 36.0 Å². The fourth-order valence-electron chi connectivity index (χ4n) is 2.05. The summed E-state index contributed by atoms with van der Waals surface area (Å²) in [7, 11) is 0. The van der Waals surface area contributed by atoms with Crippen LogP contribution >= 0.6 is 34.7 Å². The number of hydrogen-bond acceptors (Lipinski definition) is 6. The summed E-state index contributed by atoms with van der Waals surface area (Å²) in [5.41, 5.74) is 0.739. The normalized spacial score (nSPS) is 10.9. The molecule has 0 saturated heterocycles. The minimum Gasteiger partial charge on any atom is -0.324 e. The number of thiazole rings is 1. The molecule has 24 heavy (non-hydrogen) atoms. The summed E-state index contributed by atoms with van der Waals surface area (Å²) in [6.45, 7) is 1.89. The highest BCUT2D eigenvalue weighted by molar-refractivity contribution is 8.01. The number of rotatable bonds is 5. The third kappa shape index (κ3) is 3.77. The lowest BCUT2D eigenvalue weighted by molar-refractivity contribution is -0.116. The molecule has 0 aliphatic heterocycles. The van der Waals surface area contributed by atoms with E-state index in [1.807, 2.05) is 6.92 Å². The first-order valence-electron chi connectivity index (χ1n) is 7.11. The van der Waals surface area contributed by atoms with Crippen molar-refractivity contribution in [2.75, 3.05) is 11.1 Å². The summed E-state index contributed by atoms with van der Waals surface area (Å²) in [6.07, 6.45) is 1.35. The van der Waals surface area contributed by atoms with E-state index in [2.05, 4.69) is 15.3 Å². The van der Waals surface area contributed by atoms with Crippen LogP contribution in [0.25, 0.3) is 10.3 Å². The maximum absolute atomic E-state index is 12.5. The lowest BCUT2D eigenvalue weighted by Gasteiger charge is -2.07. The Hall–Kier alpha value is -1.90. The van der Waals surface area contributed by atoms with Crippen molar-refractivity contribution >= 4 is 56.6 Å². The van der Waals surface area contributed by atoms with Gasteiger partial charge < -0.3 is 5.32 Å². The Balaban J connectivity index is 1.80. The summed E-state index contributed by atoms with van der Waals surface area (Å²) in [4.78, 5) is 33.1. The smallest absolute Gasteiger partial charge is 0.273 e. The number of nitrogens with zero attached hydrogens (tertiary/aromatic N) is 3. The van der Waals surface area contributed by atoms with Crippen LogP contribution in [0.15, 0.2) is 39.7 Å². The Labute approximate surface area is 150 Å². The van der Waals surface area contributed by atoms with E-state index in [9.17, 15) is 9.59 Å². The average molecular weight is 381 g/mol. The van der Waals surface area contributed by atoms with E-state index in [4.69, 9.17) is 11.6 Å². The zero-order valence-electron chi connectivity index (χ0n) is 12.7. The number of amides is 1. The molecule has 0 bridgehead atoms. The molecule has 3 aromatic rings. The first kappa shape index (κ1) is 16.9. The predicted octanol–water partition coefficient (Wildman–Crippen LogP) is 3.26. The lowest BCUT2D eigenvalue weighted by atomic mass is 10.3. The number of halogens is 1. The van der Waals surface area contributed by atoms with Crippen LogP contribution in [-0.4, -0.2) is 26.2 Å². The number of thioether (sulfide) groups is 1. The summed E-state index contributed by atoms with van der Waals surface area (Å²) < 4.78 is 2.54. The van der Waals surface area contributed by atoms with Gasteiger partial charge in [-0.3, -0.25) is 14.2 Å². The zero-order chi connectivity index (χ0) is 17.1. The number of anilines is 1. The number of hydrogen-bond donors (Lipinski definition) is 1. The third-order valence-electron chi connectivity index (χ3n) is 3.05. The van der Waals surface area contributed by atoms with E-state index in [1.165, 1.54) is 22.2 Å². The Morgan fingerprint density at radius 2 is 2.29 bits per heavy atom. The van der Waals surface area contributed by atoms with Gasteiger partial charge in [0.2, 0.25) is 5.91 Å². The lowest BCUT2D eigenvalue weighted by Crippen LogP contribution is -2.27. The van der Waals surface area contributed by atoms with Crippen LogP contribution in [0.2, 0.25) is 5.02 Å². The van der Waals surface area contributed by atoms with Gasteiger partial charge >= 0.3 is 0 Å². The van der Waals surface area contributed by atoms with Gasteiger partial charge in [0.25, 0.3) is 5.56 Å². The molecule has 6 nitrogen and oxygen atoms in total. The van der Waals surface area contributed by atoms with Crippen molar-refractivity contribution < 1.29 is 4.79 Å². The number of fused-ring (bicyclic) bond motifs is 1. The molecule has 0 unspecified atom stereocenters. The fraction of sp³-hybridized carbons (Fsp3) is 0.200. The molecule has 0 atom stereocenters. The van der Waals surface area contributed by atoms with Crippen LogP contribution in [0, 0.1) is 0 Å². The molecule has 0 saturated carbocycles. The van der Waals surface area contributed by atoms with Crippen LogP contribution in [0.1, 0.15) is 6.92 Å². The number of carbonyl (C=O) groups is 1. The second kappa shape index (κ2) is 7.33. The van der Waals surface area contributed by atoms with Gasteiger partial charge in [0, 0.05) is 10.7 Å². The molecule has 0 fully saturated rings. The molecule has 2 heterocycles. The van der Waals surface area contributed by atoms with Gasteiger partial charge in [-0.15, -0.1) is 11.3 Å². The second-order valence-corrected chi connectivity index (χ2v) is 7.75. The average Bonchev–Trinajstić information content (AvgIpc) is 2.94. The highest BCUT2D eigenvalue weighted by Crippen LogP contribution is 2.25. The molecule has 1 amide bonds. The van der Waals surface area contributed by atoms with E-state index < -0.39 is 0 Å². The molecule has 3 rings (SSSR count). The van der Waals surface area contributed by atoms with Gasteiger partial charge in [0.1, 0.15) is 17.6 Å². The summed E-state index contributed by atoms with van der Waals surface area (Å²) in [5.74, 6) is 0.545. The first-order valence-corrected chi connectivity index (χ1v) is 9.29. The van der Waals surface area contributed by atoms with Crippen LogP contribution in [0.4, 0.5) is 5.69 Å². The number of nitrogens with one attached hydrogen (secondary N) is 1. The first-order chi connectivity index (χ1) is 11.6. The van der Waals surface area contributed by atoms with Crippen LogP contribution < -0.4 is 10.9 Å². The molecule has 0 spiro atoms. The standard InChI is InChI=1S/C15H13ClN4O2S2/c1-2-23-15-19-13-12(24-15)14(22)20(8-17-13)7-11(21)18-10-5-3-4-9(16)6-10/h3-6,8H,2,7H2,1H3,(H,18,21). The molecule has 2 aromatic heterocycles. The minimum absolute atomic E-state index is 0.123. The highest BCUT2D eigenvalue weighted by Gasteiger charge is 2.13. The van der Waals surface area contributed by atoms with Crippen molar-refractivity contribution in [3.8, 4) is 0 Å². The van der Waals surface area contributed by atoms with Gasteiger partial charge in [0.05, 0.1) is 0 Å². The van der Waals surface area contributed by atoms with E-state index in [0.717, 1.165) is 10.1 Å². The van der Waals surface area contributed by atoms with E-state index >= 15 is 0 Å². The van der Waals surface area contributed by atoms with Crippen molar-refractivity contribution in [2.24, 2.45) is 0 Å². The van der Waals surface area contributed by atoms with Gasteiger partial charge in [-0.05, 0) is 24.0 Å². The minimum atomic E-state index is -0.326. The Bertz CT molecular complexity index is 954. The number of benzene rings is 1. The summed E-state index contributed by atoms with van der Waals surface area (Å²) in [5, 5.41) is 3.23. The Morgan fingerprint density at radius 1 is 1.46 bits per heavy atom. The van der Waals surface area contributed by atoms with Crippen molar-refractivity contribution in [1.29, 1.82) is 0 Å². The topological polar surface area (TPSA) is 76.9 Å². The monoisotopic (exact) mass is 380 g/mol. The Kier molecular flexibility index (Phi) is 5.17.